The van der Waals surface area contributed by atoms with E-state index < -0.39 is 10.2 Å². The van der Waals surface area contributed by atoms with E-state index >= 15 is 0 Å². The lowest BCUT2D eigenvalue weighted by Gasteiger charge is -2.40. The molecule has 0 amide bonds. The summed E-state index contributed by atoms with van der Waals surface area (Å²) in [5, 5.41) is 0. The van der Waals surface area contributed by atoms with Crippen LogP contribution in [0.25, 0.3) is 11.3 Å². The van der Waals surface area contributed by atoms with E-state index in [9.17, 15) is 0 Å². The molecule has 0 aromatic heterocycles. The number of hydrogen-bond donors (Lipinski definition) is 0. The molecule has 0 heterocycles. The fourth-order valence-corrected chi connectivity index (χ4v) is 3.80. The summed E-state index contributed by atoms with van der Waals surface area (Å²) in [6.07, 6.45) is 8.10. The zero-order valence-corrected chi connectivity index (χ0v) is 15.0. The lowest BCUT2D eigenvalue weighted by atomic mass is 10.0. The van der Waals surface area contributed by atoms with E-state index in [2.05, 4.69) is 85.6 Å². The van der Waals surface area contributed by atoms with Gasteiger partial charge in [-0.2, -0.15) is 10.2 Å². The van der Waals surface area contributed by atoms with Gasteiger partial charge >= 0.3 is 0 Å². The highest BCUT2D eigenvalue weighted by Gasteiger charge is 2.28. The summed E-state index contributed by atoms with van der Waals surface area (Å²) < 4.78 is 2.51. The van der Waals surface area contributed by atoms with Gasteiger partial charge in [0, 0.05) is 19.0 Å². The number of rotatable bonds is 3. The average molecular weight is 311 g/mol. The van der Waals surface area contributed by atoms with Crippen LogP contribution in [-0.4, -0.2) is 30.1 Å². The number of allylic oxidation sites excluding steroid dienone is 1. The largest absolute Gasteiger partial charge is 0.337 e. The number of aryl methyl sites for hydroxylation is 1. The molecule has 0 atom stereocenters. The third-order valence-corrected chi connectivity index (χ3v) is 6.25. The van der Waals surface area contributed by atoms with Crippen molar-refractivity contribution in [3.8, 4) is 0 Å². The van der Waals surface area contributed by atoms with Crippen LogP contribution in [0.4, 0.5) is 0 Å². The maximum absolute atomic E-state index is 2.51. The summed E-state index contributed by atoms with van der Waals surface area (Å²) in [6, 6.07) is 17.8. The molecule has 2 aromatic rings. The molecule has 0 fully saturated rings. The van der Waals surface area contributed by atoms with Gasteiger partial charge in [0.1, 0.15) is 0 Å². The second kappa shape index (κ2) is 5.51. The van der Waals surface area contributed by atoms with E-state index in [4.69, 9.17) is 0 Å². The lowest BCUT2D eigenvalue weighted by Crippen LogP contribution is -2.20. The van der Waals surface area contributed by atoms with Crippen molar-refractivity contribution >= 4 is 21.5 Å². The third kappa shape index (κ3) is 2.68. The quantitative estimate of drug-likeness (QED) is 0.774. The van der Waals surface area contributed by atoms with Gasteiger partial charge < -0.3 is 4.31 Å². The molecule has 0 unspecified atom stereocenters. The fourth-order valence-electron chi connectivity index (χ4n) is 3.05. The van der Waals surface area contributed by atoms with Crippen molar-refractivity contribution in [1.29, 1.82) is 0 Å². The first kappa shape index (κ1) is 15.2. The molecule has 1 aliphatic carbocycles. The highest BCUT2D eigenvalue weighted by atomic mass is 32.3. The van der Waals surface area contributed by atoms with Crippen molar-refractivity contribution in [3.63, 3.8) is 0 Å². The molecule has 0 aliphatic heterocycles. The second-order valence-electron chi connectivity index (χ2n) is 6.80. The number of hydrogen-bond acceptors (Lipinski definition) is 1. The van der Waals surface area contributed by atoms with Crippen molar-refractivity contribution < 1.29 is 0 Å². The number of benzene rings is 2. The normalized spacial score (nSPS) is 15.0. The predicted octanol–water partition coefficient (Wildman–Crippen LogP) is 4.96. The number of nitrogens with zero attached hydrogens (tertiary/aromatic N) is 1. The van der Waals surface area contributed by atoms with Crippen molar-refractivity contribution in [2.45, 2.75) is 13.3 Å². The van der Waals surface area contributed by atoms with Crippen LogP contribution in [0.3, 0.4) is 0 Å². The highest BCUT2D eigenvalue weighted by molar-refractivity contribution is 8.30. The molecule has 0 saturated carbocycles. The molecule has 3 rings (SSSR count). The Morgan fingerprint density at radius 3 is 2.36 bits per heavy atom. The van der Waals surface area contributed by atoms with E-state index in [1.807, 2.05) is 0 Å². The van der Waals surface area contributed by atoms with Crippen molar-refractivity contribution in [1.82, 2.24) is 4.31 Å². The van der Waals surface area contributed by atoms with Crippen molar-refractivity contribution in [2.75, 3.05) is 25.8 Å². The zero-order chi connectivity index (χ0) is 15.9. The molecule has 2 aromatic carbocycles. The van der Waals surface area contributed by atoms with Gasteiger partial charge in [-0.05, 0) is 42.4 Å². The first-order valence-corrected chi connectivity index (χ1v) is 10.5. The highest BCUT2D eigenvalue weighted by Crippen LogP contribution is 2.50. The predicted molar refractivity (Wildman–Crippen MR) is 101 cm³/mol. The molecule has 22 heavy (non-hydrogen) atoms. The maximum atomic E-state index is 2.51. The van der Waals surface area contributed by atoms with Gasteiger partial charge in [0.05, 0.1) is 5.70 Å². The molecule has 0 bridgehead atoms. The Labute approximate surface area is 136 Å². The molecular formula is C20H25NS. The Hall–Kier alpha value is -1.67. The number of fused-ring (bicyclic) bond motifs is 1. The summed E-state index contributed by atoms with van der Waals surface area (Å²) in [6.45, 7) is 2.17. The molecule has 1 nitrogen and oxygen atoms in total. The van der Waals surface area contributed by atoms with E-state index in [0.717, 1.165) is 6.42 Å². The van der Waals surface area contributed by atoms with Gasteiger partial charge in [-0.25, -0.2) is 0 Å². The third-order valence-electron chi connectivity index (χ3n) is 4.43. The summed E-state index contributed by atoms with van der Waals surface area (Å²) >= 11 is 0. The summed E-state index contributed by atoms with van der Waals surface area (Å²) in [4.78, 5) is 0. The van der Waals surface area contributed by atoms with Crippen LogP contribution < -0.4 is 0 Å². The molecule has 0 radical (unpaired) electrons. The Bertz CT molecular complexity index is 737. The van der Waals surface area contributed by atoms with E-state index in [-0.39, 0.29) is 0 Å². The summed E-state index contributed by atoms with van der Waals surface area (Å²) in [5.41, 5.74) is 8.43. The van der Waals surface area contributed by atoms with Crippen molar-refractivity contribution in [2.24, 2.45) is 0 Å². The first-order chi connectivity index (χ1) is 10.4. The van der Waals surface area contributed by atoms with E-state index in [1.165, 1.54) is 33.5 Å². The van der Waals surface area contributed by atoms with Crippen molar-refractivity contribution in [3.05, 3.63) is 70.8 Å². The lowest BCUT2D eigenvalue weighted by molar-refractivity contribution is 0.792. The standard InChI is InChI=1S/C20H25NS/c1-15-9-8-11-16(13-15)19-14-17-10-6-7-12-18(17)20(19)21(2)22(3,4)5/h6-13H,14H2,1-5H3. The van der Waals surface area contributed by atoms with Crippen LogP contribution in [0.2, 0.25) is 0 Å². The second-order valence-corrected chi connectivity index (χ2v) is 10.9. The van der Waals surface area contributed by atoms with Gasteiger partial charge in [0.15, 0.2) is 0 Å². The maximum Gasteiger partial charge on any atom is 0.0568 e. The summed E-state index contributed by atoms with van der Waals surface area (Å²) in [5.74, 6) is 0. The average Bonchev–Trinajstić information content (AvgIpc) is 2.84. The van der Waals surface area contributed by atoms with Gasteiger partial charge in [0.25, 0.3) is 0 Å². The molecule has 116 valence electrons. The van der Waals surface area contributed by atoms with Gasteiger partial charge in [-0.3, -0.25) is 0 Å². The minimum atomic E-state index is -0.805. The smallest absolute Gasteiger partial charge is 0.0568 e. The SMILES string of the molecule is Cc1cccc(C2=C(N(C)S(C)(C)C)c3ccccc3C2)c1. The van der Waals surface area contributed by atoms with Crippen LogP contribution in [0, 0.1) is 6.92 Å². The van der Waals surface area contributed by atoms with Crippen LogP contribution in [0.15, 0.2) is 48.5 Å². The molecule has 2 heteroatoms. The Morgan fingerprint density at radius 1 is 0.955 bits per heavy atom. The molecular weight excluding hydrogens is 286 g/mol. The molecule has 1 aliphatic rings. The summed E-state index contributed by atoms with van der Waals surface area (Å²) in [7, 11) is 1.45. The first-order valence-electron chi connectivity index (χ1n) is 7.68. The molecule has 0 N–H and O–H groups in total. The van der Waals surface area contributed by atoms with E-state index in [1.54, 1.807) is 0 Å². The van der Waals surface area contributed by atoms with Crippen LogP contribution in [0.5, 0.6) is 0 Å². The zero-order valence-electron chi connectivity index (χ0n) is 14.2. The topological polar surface area (TPSA) is 3.24 Å². The minimum absolute atomic E-state index is 0.805. The van der Waals surface area contributed by atoms with Gasteiger partial charge in [-0.1, -0.05) is 54.1 Å². The Kier molecular flexibility index (Phi) is 3.82. The Morgan fingerprint density at radius 2 is 1.68 bits per heavy atom. The van der Waals surface area contributed by atoms with Crippen LogP contribution in [0.1, 0.15) is 22.3 Å². The van der Waals surface area contributed by atoms with Gasteiger partial charge in [-0.15, -0.1) is 0 Å². The molecule has 0 spiro atoms. The van der Waals surface area contributed by atoms with E-state index in [0.29, 0.717) is 0 Å². The van der Waals surface area contributed by atoms with Crippen LogP contribution in [-0.2, 0) is 6.42 Å². The Balaban J connectivity index is 2.20. The van der Waals surface area contributed by atoms with Crippen LogP contribution >= 0.6 is 10.2 Å². The molecule has 0 saturated heterocycles. The fraction of sp³-hybridized carbons (Fsp3) is 0.300. The van der Waals surface area contributed by atoms with Gasteiger partial charge in [0.2, 0.25) is 0 Å². The monoisotopic (exact) mass is 311 g/mol. The minimum Gasteiger partial charge on any atom is -0.337 e.